The van der Waals surface area contributed by atoms with Crippen molar-refractivity contribution in [1.82, 2.24) is 4.98 Å². The maximum Gasteiger partial charge on any atom is 0.411 e. The van der Waals surface area contributed by atoms with Crippen LogP contribution in [0, 0.1) is 6.92 Å². The second-order valence-corrected chi connectivity index (χ2v) is 7.43. The van der Waals surface area contributed by atoms with Crippen molar-refractivity contribution in [2.45, 2.75) is 13.5 Å². The molecule has 0 unspecified atom stereocenters. The lowest BCUT2D eigenvalue weighted by Crippen LogP contribution is -2.12. The van der Waals surface area contributed by atoms with Gasteiger partial charge >= 0.3 is 6.09 Å². The van der Waals surface area contributed by atoms with Crippen LogP contribution in [0.1, 0.15) is 20.4 Å². The fraction of sp³-hybridized carbons (Fsp3) is 0.150. The Morgan fingerprint density at radius 1 is 1.03 bits per heavy atom. The number of nitrogens with one attached hydrogen (secondary N) is 2. The van der Waals surface area contributed by atoms with Crippen LogP contribution >= 0.6 is 22.9 Å². The third kappa shape index (κ3) is 5.69. The van der Waals surface area contributed by atoms with Gasteiger partial charge in [-0.1, -0.05) is 11.6 Å². The summed E-state index contributed by atoms with van der Waals surface area (Å²) in [5.41, 5.74) is 1.79. The van der Waals surface area contributed by atoms with E-state index in [1.807, 2.05) is 0 Å². The minimum atomic E-state index is -0.560. The topological polar surface area (TPSA) is 89.6 Å². The summed E-state index contributed by atoms with van der Waals surface area (Å²) in [6.45, 7) is 2.04. The zero-order valence-electron chi connectivity index (χ0n) is 15.7. The molecule has 2 aromatic carbocycles. The molecule has 0 aliphatic carbocycles. The molecule has 0 atom stereocenters. The molecule has 2 amide bonds. The summed E-state index contributed by atoms with van der Waals surface area (Å²) in [4.78, 5) is 28.7. The van der Waals surface area contributed by atoms with Crippen LogP contribution in [-0.4, -0.2) is 24.1 Å². The second kappa shape index (κ2) is 9.40. The highest BCUT2D eigenvalue weighted by Gasteiger charge is 2.16. The first-order valence-electron chi connectivity index (χ1n) is 8.55. The van der Waals surface area contributed by atoms with Crippen LogP contribution in [0.4, 0.5) is 16.2 Å². The molecule has 3 aromatic rings. The minimum absolute atomic E-state index is 0.258. The zero-order valence-corrected chi connectivity index (χ0v) is 17.3. The van der Waals surface area contributed by atoms with Gasteiger partial charge in [-0.25, -0.2) is 9.78 Å². The Morgan fingerprint density at radius 3 is 2.28 bits per heavy atom. The van der Waals surface area contributed by atoms with Crippen molar-refractivity contribution < 1.29 is 19.1 Å². The van der Waals surface area contributed by atoms with Crippen LogP contribution in [0.3, 0.4) is 0 Å². The predicted octanol–water partition coefficient (Wildman–Crippen LogP) is 5.11. The molecule has 0 bridgehead atoms. The van der Waals surface area contributed by atoms with Crippen molar-refractivity contribution in [1.29, 1.82) is 0 Å². The molecule has 150 valence electrons. The highest BCUT2D eigenvalue weighted by Crippen LogP contribution is 2.23. The van der Waals surface area contributed by atoms with E-state index in [9.17, 15) is 9.59 Å². The van der Waals surface area contributed by atoms with Gasteiger partial charge < -0.3 is 14.8 Å². The highest BCUT2D eigenvalue weighted by molar-refractivity contribution is 7.13. The molecule has 1 heterocycles. The van der Waals surface area contributed by atoms with Crippen molar-refractivity contribution in [2.24, 2.45) is 0 Å². The number of aromatic nitrogens is 1. The number of thiazole rings is 1. The number of carbonyl (C=O) groups excluding carboxylic acids is 2. The number of hydrogen-bond donors (Lipinski definition) is 2. The van der Waals surface area contributed by atoms with Gasteiger partial charge in [-0.15, -0.1) is 11.3 Å². The Morgan fingerprint density at radius 2 is 1.66 bits per heavy atom. The lowest BCUT2D eigenvalue weighted by Gasteiger charge is -2.06. The summed E-state index contributed by atoms with van der Waals surface area (Å²) >= 11 is 7.13. The number of amides is 2. The number of carbonyl (C=O) groups is 2. The molecule has 0 radical (unpaired) electrons. The van der Waals surface area contributed by atoms with Crippen molar-refractivity contribution in [2.75, 3.05) is 17.7 Å². The standard InChI is InChI=1S/C20H18ClN3O4S/c1-12-18(29-17(22-12)11-28-16-9-3-13(21)4-10-16)19(25)23-14-5-7-15(8-6-14)24-20(26)27-2/h3-10H,11H2,1-2H3,(H,23,25)(H,24,26). The summed E-state index contributed by atoms with van der Waals surface area (Å²) in [6.07, 6.45) is -0.560. The van der Waals surface area contributed by atoms with Gasteiger partial charge in [0.15, 0.2) is 0 Å². The number of methoxy groups -OCH3 is 1. The fourth-order valence-corrected chi connectivity index (χ4v) is 3.39. The third-order valence-electron chi connectivity index (χ3n) is 3.80. The van der Waals surface area contributed by atoms with Gasteiger partial charge in [-0.05, 0) is 55.5 Å². The molecule has 3 rings (SSSR count). The largest absolute Gasteiger partial charge is 0.486 e. The van der Waals surface area contributed by atoms with Gasteiger partial charge in [-0.2, -0.15) is 0 Å². The molecular formula is C20H18ClN3O4S. The van der Waals surface area contributed by atoms with Crippen molar-refractivity contribution in [3.05, 3.63) is 69.1 Å². The summed E-state index contributed by atoms with van der Waals surface area (Å²) in [6, 6.07) is 13.7. The maximum atomic E-state index is 12.6. The van der Waals surface area contributed by atoms with E-state index < -0.39 is 6.09 Å². The van der Waals surface area contributed by atoms with Gasteiger partial charge in [0.05, 0.1) is 12.8 Å². The third-order valence-corrected chi connectivity index (χ3v) is 5.18. The summed E-state index contributed by atoms with van der Waals surface area (Å²) in [5, 5.41) is 6.69. The first-order valence-corrected chi connectivity index (χ1v) is 9.75. The number of ether oxygens (including phenoxy) is 2. The molecule has 0 fully saturated rings. The lowest BCUT2D eigenvalue weighted by atomic mass is 10.2. The van der Waals surface area contributed by atoms with Crippen LogP contribution in [-0.2, 0) is 11.3 Å². The first kappa shape index (κ1) is 20.6. The number of nitrogens with zero attached hydrogens (tertiary/aromatic N) is 1. The predicted molar refractivity (Wildman–Crippen MR) is 113 cm³/mol. The normalized spacial score (nSPS) is 10.3. The number of benzene rings is 2. The highest BCUT2D eigenvalue weighted by atomic mass is 35.5. The van der Waals surface area contributed by atoms with E-state index >= 15 is 0 Å². The monoisotopic (exact) mass is 431 g/mol. The molecule has 29 heavy (non-hydrogen) atoms. The summed E-state index contributed by atoms with van der Waals surface area (Å²) < 4.78 is 10.2. The van der Waals surface area contributed by atoms with Crippen LogP contribution in [0.25, 0.3) is 0 Å². The van der Waals surface area contributed by atoms with Gasteiger partial charge in [0.2, 0.25) is 0 Å². The molecule has 2 N–H and O–H groups in total. The fourth-order valence-electron chi connectivity index (χ4n) is 2.39. The van der Waals surface area contributed by atoms with Gasteiger partial charge in [-0.3, -0.25) is 10.1 Å². The van der Waals surface area contributed by atoms with Crippen molar-refractivity contribution >= 4 is 46.3 Å². The molecule has 7 nitrogen and oxygen atoms in total. The van der Waals surface area contributed by atoms with E-state index in [-0.39, 0.29) is 12.5 Å². The second-order valence-electron chi connectivity index (χ2n) is 5.91. The number of anilines is 2. The van der Waals surface area contributed by atoms with E-state index in [1.54, 1.807) is 55.5 Å². The van der Waals surface area contributed by atoms with E-state index in [0.717, 1.165) is 0 Å². The van der Waals surface area contributed by atoms with E-state index in [1.165, 1.54) is 18.4 Å². The minimum Gasteiger partial charge on any atom is -0.486 e. The Hall–Kier alpha value is -3.10. The van der Waals surface area contributed by atoms with E-state index in [0.29, 0.717) is 37.7 Å². The molecular weight excluding hydrogens is 414 g/mol. The van der Waals surface area contributed by atoms with Crippen LogP contribution in [0.2, 0.25) is 5.02 Å². The van der Waals surface area contributed by atoms with Crippen molar-refractivity contribution in [3.8, 4) is 5.75 Å². The Labute approximate surface area is 176 Å². The summed E-state index contributed by atoms with van der Waals surface area (Å²) in [7, 11) is 1.29. The SMILES string of the molecule is COC(=O)Nc1ccc(NC(=O)c2sc(COc3ccc(Cl)cc3)nc2C)cc1. The molecule has 0 saturated carbocycles. The van der Waals surface area contributed by atoms with Crippen molar-refractivity contribution in [3.63, 3.8) is 0 Å². The van der Waals surface area contributed by atoms with Crippen LogP contribution < -0.4 is 15.4 Å². The molecule has 0 saturated heterocycles. The Kier molecular flexibility index (Phi) is 6.69. The maximum absolute atomic E-state index is 12.6. The number of rotatable bonds is 6. The van der Waals surface area contributed by atoms with Gasteiger partial charge in [0.25, 0.3) is 5.91 Å². The number of halogens is 1. The molecule has 0 aliphatic rings. The molecule has 1 aromatic heterocycles. The smallest absolute Gasteiger partial charge is 0.411 e. The molecule has 9 heteroatoms. The van der Waals surface area contributed by atoms with Gasteiger partial charge in [0, 0.05) is 16.4 Å². The Balaban J connectivity index is 1.60. The number of aryl methyl sites for hydroxylation is 1. The quantitative estimate of drug-likeness (QED) is 0.565. The lowest BCUT2D eigenvalue weighted by molar-refractivity contribution is 0.102. The first-order chi connectivity index (χ1) is 13.9. The molecule has 0 aliphatic heterocycles. The van der Waals surface area contributed by atoms with E-state index in [2.05, 4.69) is 20.4 Å². The van der Waals surface area contributed by atoms with E-state index in [4.69, 9.17) is 16.3 Å². The van der Waals surface area contributed by atoms with Gasteiger partial charge in [0.1, 0.15) is 22.2 Å². The Bertz CT molecular complexity index is 1000. The molecule has 0 spiro atoms. The average molecular weight is 432 g/mol. The average Bonchev–Trinajstić information content (AvgIpc) is 3.09. The van der Waals surface area contributed by atoms with Crippen LogP contribution in [0.5, 0.6) is 5.75 Å². The van der Waals surface area contributed by atoms with Crippen LogP contribution in [0.15, 0.2) is 48.5 Å². The summed E-state index contributed by atoms with van der Waals surface area (Å²) in [5.74, 6) is 0.417. The number of hydrogen-bond acceptors (Lipinski definition) is 6. The zero-order chi connectivity index (χ0) is 20.8.